The molecule has 0 amide bonds. The molecule has 0 heterocycles. The van der Waals surface area contributed by atoms with E-state index in [1.165, 1.54) is 51.4 Å². The van der Waals surface area contributed by atoms with Crippen LogP contribution in [-0.4, -0.2) is 11.2 Å². The van der Waals surface area contributed by atoms with Crippen LogP contribution in [0.2, 0.25) is 0 Å². The molecule has 2 aliphatic rings. The summed E-state index contributed by atoms with van der Waals surface area (Å²) in [7, 11) is 0. The van der Waals surface area contributed by atoms with Gasteiger partial charge < -0.3 is 5.11 Å². The van der Waals surface area contributed by atoms with Crippen molar-refractivity contribution >= 4 is 0 Å². The van der Waals surface area contributed by atoms with Gasteiger partial charge in [0.05, 0.1) is 6.10 Å². The Bertz CT molecular complexity index is 242. The highest BCUT2D eigenvalue weighted by Gasteiger charge is 2.43. The highest BCUT2D eigenvalue weighted by Crippen LogP contribution is 2.49. The summed E-state index contributed by atoms with van der Waals surface area (Å²) in [6.07, 6.45) is 10.2. The summed E-state index contributed by atoms with van der Waals surface area (Å²) in [6, 6.07) is 0. The lowest BCUT2D eigenvalue weighted by molar-refractivity contribution is -0.0421. The first-order valence-corrected chi connectivity index (χ1v) is 7.77. The molecule has 0 radical (unpaired) electrons. The molecule has 0 bridgehead atoms. The molecule has 0 aliphatic heterocycles. The molecule has 17 heavy (non-hydrogen) atoms. The number of rotatable bonds is 3. The second-order valence-corrected chi connectivity index (χ2v) is 6.90. The van der Waals surface area contributed by atoms with Crippen molar-refractivity contribution in [1.82, 2.24) is 0 Å². The Hall–Kier alpha value is -0.0400. The Morgan fingerprint density at radius 1 is 1.12 bits per heavy atom. The fraction of sp³-hybridized carbons (Fsp3) is 1.00. The number of hydrogen-bond acceptors (Lipinski definition) is 1. The van der Waals surface area contributed by atoms with Gasteiger partial charge in [-0.25, -0.2) is 0 Å². The van der Waals surface area contributed by atoms with E-state index in [1.807, 2.05) is 0 Å². The van der Waals surface area contributed by atoms with Crippen molar-refractivity contribution < 1.29 is 5.11 Å². The van der Waals surface area contributed by atoms with Crippen LogP contribution in [0, 0.1) is 23.2 Å². The van der Waals surface area contributed by atoms with Crippen molar-refractivity contribution in [2.75, 3.05) is 0 Å². The molecule has 100 valence electrons. The monoisotopic (exact) mass is 238 g/mol. The van der Waals surface area contributed by atoms with Gasteiger partial charge in [0, 0.05) is 0 Å². The number of aliphatic hydroxyl groups excluding tert-OH is 1. The third kappa shape index (κ3) is 2.54. The Morgan fingerprint density at radius 3 is 2.29 bits per heavy atom. The second-order valence-electron chi connectivity index (χ2n) is 6.90. The number of aliphatic hydroxyl groups is 1. The minimum absolute atomic E-state index is 0.0232. The van der Waals surface area contributed by atoms with Gasteiger partial charge >= 0.3 is 0 Å². The molecule has 2 aliphatic carbocycles. The molecule has 0 saturated heterocycles. The van der Waals surface area contributed by atoms with Crippen LogP contribution in [0.25, 0.3) is 0 Å². The summed E-state index contributed by atoms with van der Waals surface area (Å²) in [5, 5.41) is 10.8. The summed E-state index contributed by atoms with van der Waals surface area (Å²) in [4.78, 5) is 0. The molecule has 0 aromatic carbocycles. The van der Waals surface area contributed by atoms with E-state index >= 15 is 0 Å². The third-order valence-electron chi connectivity index (χ3n) is 6.02. The van der Waals surface area contributed by atoms with Gasteiger partial charge in [0.15, 0.2) is 0 Å². The van der Waals surface area contributed by atoms with Crippen LogP contribution in [0.15, 0.2) is 0 Å². The smallest absolute Gasteiger partial charge is 0.0624 e. The van der Waals surface area contributed by atoms with Gasteiger partial charge in [-0.2, -0.15) is 0 Å². The van der Waals surface area contributed by atoms with Gasteiger partial charge in [-0.15, -0.1) is 0 Å². The average molecular weight is 238 g/mol. The minimum Gasteiger partial charge on any atom is -0.392 e. The molecule has 2 rings (SSSR count). The van der Waals surface area contributed by atoms with Crippen LogP contribution in [0.5, 0.6) is 0 Å². The standard InChI is InChI=1S/C16H30O/c1-4-16(9-5-6-10-16)15(17)14-8-7-12(2)13(3)11-14/h12-15,17H,4-11H2,1-3H3. The third-order valence-corrected chi connectivity index (χ3v) is 6.02. The maximum absolute atomic E-state index is 10.8. The van der Waals surface area contributed by atoms with Crippen LogP contribution < -0.4 is 0 Å². The van der Waals surface area contributed by atoms with Crippen molar-refractivity contribution in [1.29, 1.82) is 0 Å². The second kappa shape index (κ2) is 5.30. The lowest BCUT2D eigenvalue weighted by atomic mass is 9.66. The summed E-state index contributed by atoms with van der Waals surface area (Å²) >= 11 is 0. The highest BCUT2D eigenvalue weighted by atomic mass is 16.3. The van der Waals surface area contributed by atoms with Gasteiger partial charge in [0.2, 0.25) is 0 Å². The molecule has 1 nitrogen and oxygen atoms in total. The molecule has 0 aromatic rings. The van der Waals surface area contributed by atoms with E-state index in [-0.39, 0.29) is 11.5 Å². The lowest BCUT2D eigenvalue weighted by Crippen LogP contribution is -2.41. The molecule has 2 fully saturated rings. The van der Waals surface area contributed by atoms with E-state index < -0.39 is 0 Å². The first-order valence-electron chi connectivity index (χ1n) is 7.77. The molecule has 1 N–H and O–H groups in total. The zero-order valence-electron chi connectivity index (χ0n) is 11.9. The molecule has 0 spiro atoms. The van der Waals surface area contributed by atoms with Gasteiger partial charge in [-0.3, -0.25) is 0 Å². The molecule has 2 saturated carbocycles. The maximum Gasteiger partial charge on any atom is 0.0624 e. The molecule has 0 aromatic heterocycles. The summed E-state index contributed by atoms with van der Waals surface area (Å²) in [5.41, 5.74) is 0.283. The van der Waals surface area contributed by atoms with E-state index in [9.17, 15) is 5.11 Å². The fourth-order valence-electron chi connectivity index (χ4n) is 4.31. The van der Waals surface area contributed by atoms with Crippen molar-refractivity contribution in [2.45, 2.75) is 78.2 Å². The van der Waals surface area contributed by atoms with Crippen molar-refractivity contribution in [3.8, 4) is 0 Å². The Labute approximate surface area is 107 Å². The van der Waals surface area contributed by atoms with Crippen molar-refractivity contribution in [3.05, 3.63) is 0 Å². The van der Waals surface area contributed by atoms with Gasteiger partial charge in [-0.05, 0) is 55.3 Å². The van der Waals surface area contributed by atoms with E-state index in [0.29, 0.717) is 5.92 Å². The fourth-order valence-corrected chi connectivity index (χ4v) is 4.31. The average Bonchev–Trinajstić information content (AvgIpc) is 2.81. The quantitative estimate of drug-likeness (QED) is 0.773. The molecular weight excluding hydrogens is 208 g/mol. The topological polar surface area (TPSA) is 20.2 Å². The highest BCUT2D eigenvalue weighted by molar-refractivity contribution is 4.94. The van der Waals surface area contributed by atoms with E-state index in [1.54, 1.807) is 0 Å². The Kier molecular flexibility index (Phi) is 4.18. The summed E-state index contributed by atoms with van der Waals surface area (Å²) in [5.74, 6) is 2.25. The first-order chi connectivity index (χ1) is 8.09. The van der Waals surface area contributed by atoms with E-state index in [2.05, 4.69) is 20.8 Å². The summed E-state index contributed by atoms with van der Waals surface area (Å²) < 4.78 is 0. The van der Waals surface area contributed by atoms with Crippen molar-refractivity contribution in [2.24, 2.45) is 23.2 Å². The van der Waals surface area contributed by atoms with Crippen LogP contribution in [0.1, 0.15) is 72.1 Å². The summed E-state index contributed by atoms with van der Waals surface area (Å²) in [6.45, 7) is 7.03. The van der Waals surface area contributed by atoms with Gasteiger partial charge in [-0.1, -0.05) is 40.0 Å². The number of hydrogen-bond donors (Lipinski definition) is 1. The van der Waals surface area contributed by atoms with E-state index in [0.717, 1.165) is 11.8 Å². The normalized spacial score (nSPS) is 39.2. The molecular formula is C16H30O. The predicted molar refractivity (Wildman–Crippen MR) is 72.9 cm³/mol. The SMILES string of the molecule is CCC1(C(O)C2CCC(C)C(C)C2)CCCC1. The maximum atomic E-state index is 10.8. The predicted octanol–water partition coefficient (Wildman–Crippen LogP) is 4.39. The van der Waals surface area contributed by atoms with Crippen LogP contribution in [0.3, 0.4) is 0 Å². The van der Waals surface area contributed by atoms with Crippen LogP contribution >= 0.6 is 0 Å². The van der Waals surface area contributed by atoms with Gasteiger partial charge in [0.25, 0.3) is 0 Å². The van der Waals surface area contributed by atoms with Crippen molar-refractivity contribution in [3.63, 3.8) is 0 Å². The zero-order valence-corrected chi connectivity index (χ0v) is 11.9. The Morgan fingerprint density at radius 2 is 1.76 bits per heavy atom. The molecule has 4 unspecified atom stereocenters. The zero-order chi connectivity index (χ0) is 12.5. The van der Waals surface area contributed by atoms with Crippen LogP contribution in [0.4, 0.5) is 0 Å². The molecule has 1 heteroatoms. The largest absolute Gasteiger partial charge is 0.392 e. The van der Waals surface area contributed by atoms with E-state index in [4.69, 9.17) is 0 Å². The molecule has 4 atom stereocenters. The first kappa shape index (κ1) is 13.4. The van der Waals surface area contributed by atoms with Gasteiger partial charge in [0.1, 0.15) is 0 Å². The minimum atomic E-state index is -0.0232. The van der Waals surface area contributed by atoms with Crippen LogP contribution in [-0.2, 0) is 0 Å². The Balaban J connectivity index is 2.01. The lowest BCUT2D eigenvalue weighted by Gasteiger charge is -2.42.